The summed E-state index contributed by atoms with van der Waals surface area (Å²) in [5.41, 5.74) is 3.16. The molecule has 0 radical (unpaired) electrons. The summed E-state index contributed by atoms with van der Waals surface area (Å²) in [5.74, 6) is 3.34. The van der Waals surface area contributed by atoms with Crippen LogP contribution in [0.2, 0.25) is 0 Å². The third-order valence-corrected chi connectivity index (χ3v) is 4.65. The molecule has 0 saturated heterocycles. The average molecular weight is 204 g/mol. The molecule has 0 aliphatic heterocycles. The normalized spacial score (nSPS) is 40.6. The molecule has 4 unspecified atom stereocenters. The van der Waals surface area contributed by atoms with Crippen LogP contribution in [0.5, 0.6) is 0 Å². The van der Waals surface area contributed by atoms with Gasteiger partial charge in [-0.3, -0.25) is 0 Å². The van der Waals surface area contributed by atoms with Crippen molar-refractivity contribution in [3.05, 3.63) is 23.8 Å². The molecule has 0 aromatic heterocycles. The lowest BCUT2D eigenvalue weighted by Crippen LogP contribution is -2.34. The van der Waals surface area contributed by atoms with Crippen LogP contribution in [0.1, 0.15) is 46.5 Å². The highest BCUT2D eigenvalue weighted by Gasteiger charge is 2.37. The summed E-state index contributed by atoms with van der Waals surface area (Å²) >= 11 is 0. The number of allylic oxidation sites excluding steroid dienone is 3. The number of hydrogen-bond acceptors (Lipinski definition) is 0. The van der Waals surface area contributed by atoms with Crippen molar-refractivity contribution >= 4 is 0 Å². The highest BCUT2D eigenvalue weighted by Crippen LogP contribution is 2.47. The Morgan fingerprint density at radius 2 is 2.07 bits per heavy atom. The summed E-state index contributed by atoms with van der Waals surface area (Å²) < 4.78 is 0. The van der Waals surface area contributed by atoms with E-state index in [9.17, 15) is 0 Å². The zero-order chi connectivity index (χ0) is 11.0. The first-order valence-corrected chi connectivity index (χ1v) is 6.45. The van der Waals surface area contributed by atoms with Crippen molar-refractivity contribution < 1.29 is 0 Å². The van der Waals surface area contributed by atoms with Gasteiger partial charge in [0.1, 0.15) is 0 Å². The zero-order valence-electron chi connectivity index (χ0n) is 10.4. The molecule has 0 spiro atoms. The molecule has 2 aliphatic rings. The van der Waals surface area contributed by atoms with Crippen LogP contribution in [0.3, 0.4) is 0 Å². The summed E-state index contributed by atoms with van der Waals surface area (Å²) in [6.45, 7) is 11.3. The van der Waals surface area contributed by atoms with E-state index in [2.05, 4.69) is 33.4 Å². The summed E-state index contributed by atoms with van der Waals surface area (Å²) in [7, 11) is 0. The predicted molar refractivity (Wildman–Crippen MR) is 66.7 cm³/mol. The maximum atomic E-state index is 4.17. The quantitative estimate of drug-likeness (QED) is 0.548. The molecule has 0 aromatic carbocycles. The van der Waals surface area contributed by atoms with Crippen molar-refractivity contribution in [3.8, 4) is 0 Å². The van der Waals surface area contributed by atoms with Crippen molar-refractivity contribution in [2.24, 2.45) is 23.7 Å². The molecule has 84 valence electrons. The Labute approximate surface area is 94.5 Å². The van der Waals surface area contributed by atoms with Crippen LogP contribution in [0, 0.1) is 23.7 Å². The van der Waals surface area contributed by atoms with E-state index in [1.54, 1.807) is 5.57 Å². The summed E-state index contributed by atoms with van der Waals surface area (Å²) in [4.78, 5) is 0. The molecule has 0 bridgehead atoms. The van der Waals surface area contributed by atoms with Gasteiger partial charge in [0.15, 0.2) is 0 Å². The Kier molecular flexibility index (Phi) is 3.04. The Hall–Kier alpha value is -0.520. The van der Waals surface area contributed by atoms with Gasteiger partial charge in [-0.2, -0.15) is 0 Å². The van der Waals surface area contributed by atoms with Crippen LogP contribution in [0.25, 0.3) is 0 Å². The third kappa shape index (κ3) is 1.91. The molecule has 0 amide bonds. The summed E-state index contributed by atoms with van der Waals surface area (Å²) in [6.07, 6.45) is 7.90. The van der Waals surface area contributed by atoms with Crippen LogP contribution in [0.15, 0.2) is 23.8 Å². The maximum absolute atomic E-state index is 4.17. The number of hydrogen-bond donors (Lipinski definition) is 0. The van der Waals surface area contributed by atoms with Crippen LogP contribution in [-0.4, -0.2) is 0 Å². The first kappa shape index (κ1) is 11.0. The second-order valence-electron chi connectivity index (χ2n) is 5.71. The zero-order valence-corrected chi connectivity index (χ0v) is 10.4. The van der Waals surface area contributed by atoms with Crippen LogP contribution in [-0.2, 0) is 0 Å². The summed E-state index contributed by atoms with van der Waals surface area (Å²) in [5, 5.41) is 0. The molecular weight excluding hydrogens is 180 g/mol. The Balaban J connectivity index is 2.22. The van der Waals surface area contributed by atoms with Gasteiger partial charge in [0.2, 0.25) is 0 Å². The van der Waals surface area contributed by atoms with Crippen LogP contribution in [0.4, 0.5) is 0 Å². The molecular formula is C15H24. The Morgan fingerprint density at radius 3 is 2.73 bits per heavy atom. The maximum Gasteiger partial charge on any atom is -0.0146 e. The first-order chi connectivity index (χ1) is 7.11. The van der Waals surface area contributed by atoms with Gasteiger partial charge in [-0.05, 0) is 56.3 Å². The molecule has 2 rings (SSSR count). The monoisotopic (exact) mass is 204 g/mol. The fourth-order valence-corrected chi connectivity index (χ4v) is 3.87. The van der Waals surface area contributed by atoms with Gasteiger partial charge in [-0.25, -0.2) is 0 Å². The van der Waals surface area contributed by atoms with E-state index in [1.807, 2.05) is 0 Å². The van der Waals surface area contributed by atoms with Crippen molar-refractivity contribution in [1.29, 1.82) is 0 Å². The topological polar surface area (TPSA) is 0 Å². The smallest absolute Gasteiger partial charge is 0.0146 e. The van der Waals surface area contributed by atoms with E-state index in [1.165, 1.54) is 31.3 Å². The lowest BCUT2D eigenvalue weighted by atomic mass is 9.62. The van der Waals surface area contributed by atoms with Gasteiger partial charge in [0.05, 0.1) is 0 Å². The molecule has 0 nitrogen and oxygen atoms in total. The van der Waals surface area contributed by atoms with E-state index < -0.39 is 0 Å². The molecule has 1 fully saturated rings. The van der Waals surface area contributed by atoms with Gasteiger partial charge in [0, 0.05) is 0 Å². The molecule has 1 saturated carbocycles. The first-order valence-electron chi connectivity index (χ1n) is 6.45. The fraction of sp³-hybridized carbons (Fsp3) is 0.733. The minimum atomic E-state index is 0.771. The fourth-order valence-electron chi connectivity index (χ4n) is 3.87. The third-order valence-electron chi connectivity index (χ3n) is 4.65. The minimum Gasteiger partial charge on any atom is -0.0999 e. The van der Waals surface area contributed by atoms with E-state index in [0.717, 1.165) is 23.7 Å². The van der Waals surface area contributed by atoms with Crippen molar-refractivity contribution in [3.63, 3.8) is 0 Å². The Bertz CT molecular complexity index is 284. The van der Waals surface area contributed by atoms with Crippen LogP contribution < -0.4 is 0 Å². The lowest BCUT2D eigenvalue weighted by Gasteiger charge is -2.43. The molecule has 0 heterocycles. The molecule has 0 heteroatoms. The largest absolute Gasteiger partial charge is 0.0999 e. The van der Waals surface area contributed by atoms with Crippen molar-refractivity contribution in [2.75, 3.05) is 0 Å². The molecule has 0 aromatic rings. The van der Waals surface area contributed by atoms with E-state index in [4.69, 9.17) is 0 Å². The summed E-state index contributed by atoms with van der Waals surface area (Å²) in [6, 6.07) is 0. The van der Waals surface area contributed by atoms with Gasteiger partial charge in [0.25, 0.3) is 0 Å². The Morgan fingerprint density at radius 1 is 1.33 bits per heavy atom. The van der Waals surface area contributed by atoms with E-state index in [0.29, 0.717) is 0 Å². The van der Waals surface area contributed by atoms with Crippen molar-refractivity contribution in [1.82, 2.24) is 0 Å². The lowest BCUT2D eigenvalue weighted by molar-refractivity contribution is 0.179. The van der Waals surface area contributed by atoms with Crippen LogP contribution >= 0.6 is 0 Å². The van der Waals surface area contributed by atoms with E-state index in [-0.39, 0.29) is 0 Å². The minimum absolute atomic E-state index is 0.771. The van der Waals surface area contributed by atoms with Gasteiger partial charge in [-0.15, -0.1) is 0 Å². The van der Waals surface area contributed by atoms with Crippen molar-refractivity contribution in [2.45, 2.75) is 46.5 Å². The number of rotatable bonds is 1. The average Bonchev–Trinajstić information content (AvgIpc) is 2.17. The molecule has 2 aliphatic carbocycles. The second-order valence-corrected chi connectivity index (χ2v) is 5.71. The highest BCUT2D eigenvalue weighted by molar-refractivity contribution is 5.19. The van der Waals surface area contributed by atoms with Gasteiger partial charge >= 0.3 is 0 Å². The second kappa shape index (κ2) is 4.15. The predicted octanol–water partition coefficient (Wildman–Crippen LogP) is 4.58. The highest BCUT2D eigenvalue weighted by atomic mass is 14.4. The molecule has 0 N–H and O–H groups in total. The van der Waals surface area contributed by atoms with E-state index >= 15 is 0 Å². The van der Waals surface area contributed by atoms with Gasteiger partial charge in [-0.1, -0.05) is 37.6 Å². The number of fused-ring (bicyclic) bond motifs is 1. The SMILES string of the molecule is C=C(C)C1CCC2=CCCC(C)C2C1C. The molecule has 4 atom stereocenters. The molecule has 15 heavy (non-hydrogen) atoms. The standard InChI is InChI=1S/C15H24/c1-10(2)14-9-8-13-7-5-6-11(3)15(13)12(14)4/h7,11-12,14-15H,1,5-6,8-9H2,2-4H3. The van der Waals surface area contributed by atoms with Gasteiger partial charge < -0.3 is 0 Å².